The molecule has 0 bridgehead atoms. The quantitative estimate of drug-likeness (QED) is 0.541. The minimum Gasteiger partial charge on any atom is -0.493 e. The average Bonchev–Trinajstić information content (AvgIpc) is 3.29. The van der Waals surface area contributed by atoms with Crippen LogP contribution in [-0.4, -0.2) is 88.8 Å². The number of carbonyl (C=O) groups excluding carboxylic acids is 2. The van der Waals surface area contributed by atoms with Crippen LogP contribution < -0.4 is 23.8 Å². The van der Waals surface area contributed by atoms with Gasteiger partial charge in [0.15, 0.2) is 11.5 Å². The molecule has 9 nitrogen and oxygen atoms in total. The lowest BCUT2D eigenvalue weighted by Crippen LogP contribution is -2.51. The van der Waals surface area contributed by atoms with Gasteiger partial charge in [0, 0.05) is 57.8 Å². The molecule has 0 spiro atoms. The van der Waals surface area contributed by atoms with Gasteiger partial charge in [-0.2, -0.15) is 0 Å². The van der Waals surface area contributed by atoms with Crippen molar-refractivity contribution in [3.8, 4) is 23.0 Å². The van der Waals surface area contributed by atoms with Crippen LogP contribution in [0, 0.1) is 5.92 Å². The highest BCUT2D eigenvalue weighted by atomic mass is 16.5. The lowest BCUT2D eigenvalue weighted by molar-refractivity contribution is -0.137. The number of ether oxygens (including phenoxy) is 4. The highest BCUT2D eigenvalue weighted by Crippen LogP contribution is 2.42. The highest BCUT2D eigenvalue weighted by Gasteiger charge is 2.38. The zero-order chi connectivity index (χ0) is 24.8. The van der Waals surface area contributed by atoms with Crippen LogP contribution >= 0.6 is 0 Å². The molecule has 2 aromatic carbocycles. The van der Waals surface area contributed by atoms with E-state index < -0.39 is 0 Å². The molecular weight excluding hydrogens is 450 g/mol. The van der Waals surface area contributed by atoms with Gasteiger partial charge in [0.05, 0.1) is 32.9 Å². The van der Waals surface area contributed by atoms with Crippen LogP contribution in [0.5, 0.6) is 23.0 Å². The fourth-order valence-electron chi connectivity index (χ4n) is 4.60. The number of para-hydroxylation sites is 1. The van der Waals surface area contributed by atoms with Gasteiger partial charge in [-0.05, 0) is 12.1 Å². The molecule has 1 atom stereocenters. The predicted molar refractivity (Wildman–Crippen MR) is 132 cm³/mol. The van der Waals surface area contributed by atoms with E-state index in [4.69, 9.17) is 18.9 Å². The molecule has 9 heteroatoms. The van der Waals surface area contributed by atoms with Gasteiger partial charge in [0.1, 0.15) is 12.4 Å². The minimum absolute atomic E-state index is 0.0356. The summed E-state index contributed by atoms with van der Waals surface area (Å²) in [5, 5.41) is 0. The van der Waals surface area contributed by atoms with E-state index in [0.29, 0.717) is 49.2 Å². The molecule has 2 saturated heterocycles. The third-order valence-corrected chi connectivity index (χ3v) is 6.54. The fourth-order valence-corrected chi connectivity index (χ4v) is 4.60. The van der Waals surface area contributed by atoms with E-state index in [1.54, 1.807) is 17.0 Å². The Morgan fingerprint density at radius 2 is 1.60 bits per heavy atom. The van der Waals surface area contributed by atoms with Crippen LogP contribution in [0.2, 0.25) is 0 Å². The number of anilines is 1. The number of benzene rings is 2. The number of rotatable bonds is 9. The largest absolute Gasteiger partial charge is 0.493 e. The van der Waals surface area contributed by atoms with E-state index >= 15 is 0 Å². The van der Waals surface area contributed by atoms with Crippen LogP contribution in [-0.2, 0) is 9.59 Å². The molecule has 2 aliphatic rings. The molecule has 0 aliphatic carbocycles. The lowest BCUT2D eigenvalue weighted by Gasteiger charge is -2.35. The Morgan fingerprint density at radius 1 is 0.943 bits per heavy atom. The van der Waals surface area contributed by atoms with Gasteiger partial charge in [0.2, 0.25) is 17.6 Å². The molecule has 2 amide bonds. The van der Waals surface area contributed by atoms with Gasteiger partial charge in [-0.3, -0.25) is 14.5 Å². The lowest BCUT2D eigenvalue weighted by atomic mass is 10.1. The first-order valence-electron chi connectivity index (χ1n) is 11.8. The zero-order valence-electron chi connectivity index (χ0n) is 20.6. The molecule has 188 valence electrons. The monoisotopic (exact) mass is 483 g/mol. The van der Waals surface area contributed by atoms with Crippen molar-refractivity contribution in [1.29, 1.82) is 0 Å². The molecule has 0 saturated carbocycles. The van der Waals surface area contributed by atoms with E-state index in [1.165, 1.54) is 21.3 Å². The Balaban J connectivity index is 1.31. The Labute approximate surface area is 206 Å². The number of hydrogen-bond acceptors (Lipinski definition) is 7. The maximum absolute atomic E-state index is 13.2. The average molecular weight is 484 g/mol. The summed E-state index contributed by atoms with van der Waals surface area (Å²) in [5.41, 5.74) is 0.628. The Bertz CT molecular complexity index is 998. The summed E-state index contributed by atoms with van der Waals surface area (Å²) >= 11 is 0. The van der Waals surface area contributed by atoms with Crippen LogP contribution in [0.15, 0.2) is 42.5 Å². The first kappa shape index (κ1) is 24.7. The second-order valence-electron chi connectivity index (χ2n) is 8.62. The number of piperazine rings is 1. The van der Waals surface area contributed by atoms with Gasteiger partial charge in [0.25, 0.3) is 0 Å². The van der Waals surface area contributed by atoms with E-state index in [2.05, 4.69) is 4.90 Å². The van der Waals surface area contributed by atoms with E-state index in [0.717, 1.165) is 25.4 Å². The number of hydrogen-bond donors (Lipinski definition) is 0. The maximum atomic E-state index is 13.2. The smallest absolute Gasteiger partial charge is 0.228 e. The molecular formula is C26H33N3O6. The fraction of sp³-hybridized carbons (Fsp3) is 0.462. The van der Waals surface area contributed by atoms with Crippen molar-refractivity contribution in [1.82, 2.24) is 9.80 Å². The number of nitrogens with zero attached hydrogens (tertiary/aromatic N) is 3. The molecule has 0 radical (unpaired) electrons. The normalized spacial score (nSPS) is 18.5. The second kappa shape index (κ2) is 11.3. The van der Waals surface area contributed by atoms with Crippen molar-refractivity contribution in [3.63, 3.8) is 0 Å². The SMILES string of the molecule is COc1cc(N2CC(C(=O)N3CCN(CCOc4ccccc4)CC3)CC2=O)cc(OC)c1OC. The molecule has 2 heterocycles. The molecule has 0 N–H and O–H groups in total. The maximum Gasteiger partial charge on any atom is 0.228 e. The second-order valence-corrected chi connectivity index (χ2v) is 8.62. The number of amides is 2. The molecule has 2 aromatic rings. The van der Waals surface area contributed by atoms with Crippen molar-refractivity contribution in [2.24, 2.45) is 5.92 Å². The van der Waals surface area contributed by atoms with Crippen molar-refractivity contribution in [2.45, 2.75) is 6.42 Å². The molecule has 1 unspecified atom stereocenters. The number of carbonyl (C=O) groups is 2. The summed E-state index contributed by atoms with van der Waals surface area (Å²) in [4.78, 5) is 31.9. The molecule has 4 rings (SSSR count). The van der Waals surface area contributed by atoms with Crippen molar-refractivity contribution < 1.29 is 28.5 Å². The topological polar surface area (TPSA) is 80.8 Å². The standard InChI is InChI=1S/C26H33N3O6/c1-32-22-16-20(17-23(33-2)25(22)34-3)29-18-19(15-24(29)30)26(31)28-11-9-27(10-12-28)13-14-35-21-7-5-4-6-8-21/h4-8,16-17,19H,9-15,18H2,1-3H3. The van der Waals surface area contributed by atoms with E-state index in [-0.39, 0.29) is 24.2 Å². The molecule has 2 fully saturated rings. The summed E-state index contributed by atoms with van der Waals surface area (Å²) in [7, 11) is 4.60. The zero-order valence-corrected chi connectivity index (χ0v) is 20.6. The van der Waals surface area contributed by atoms with Gasteiger partial charge in [-0.25, -0.2) is 0 Å². The van der Waals surface area contributed by atoms with E-state index in [9.17, 15) is 9.59 Å². The predicted octanol–water partition coefficient (Wildman–Crippen LogP) is 2.29. The van der Waals surface area contributed by atoms with Crippen molar-refractivity contribution in [2.75, 3.05) is 72.1 Å². The summed E-state index contributed by atoms with van der Waals surface area (Å²) in [6.07, 6.45) is 0.195. The summed E-state index contributed by atoms with van der Waals surface area (Å²) in [5.74, 6) is 1.85. The van der Waals surface area contributed by atoms with Crippen molar-refractivity contribution >= 4 is 17.5 Å². The van der Waals surface area contributed by atoms with Crippen molar-refractivity contribution in [3.05, 3.63) is 42.5 Å². The highest BCUT2D eigenvalue weighted by molar-refractivity contribution is 6.00. The van der Waals surface area contributed by atoms with Gasteiger partial charge in [-0.15, -0.1) is 0 Å². The molecule has 0 aromatic heterocycles. The third kappa shape index (κ3) is 5.62. The van der Waals surface area contributed by atoms with Crippen LogP contribution in [0.3, 0.4) is 0 Å². The van der Waals surface area contributed by atoms with Crippen LogP contribution in [0.25, 0.3) is 0 Å². The summed E-state index contributed by atoms with van der Waals surface area (Å²) in [6.45, 7) is 4.65. The van der Waals surface area contributed by atoms with Crippen LogP contribution in [0.4, 0.5) is 5.69 Å². The summed E-state index contributed by atoms with van der Waals surface area (Å²) < 4.78 is 22.0. The first-order valence-corrected chi connectivity index (χ1v) is 11.8. The minimum atomic E-state index is -0.366. The van der Waals surface area contributed by atoms with Gasteiger partial charge in [-0.1, -0.05) is 18.2 Å². The van der Waals surface area contributed by atoms with Gasteiger partial charge < -0.3 is 28.7 Å². The summed E-state index contributed by atoms with van der Waals surface area (Å²) in [6, 6.07) is 13.2. The Kier molecular flexibility index (Phi) is 7.97. The first-order chi connectivity index (χ1) is 17.0. The molecule has 2 aliphatic heterocycles. The van der Waals surface area contributed by atoms with Gasteiger partial charge >= 0.3 is 0 Å². The van der Waals surface area contributed by atoms with Crippen LogP contribution in [0.1, 0.15) is 6.42 Å². The van der Waals surface area contributed by atoms with E-state index in [1.807, 2.05) is 35.2 Å². The Hall–Kier alpha value is -3.46. The number of methoxy groups -OCH3 is 3. The Morgan fingerprint density at radius 3 is 2.20 bits per heavy atom. The third-order valence-electron chi connectivity index (χ3n) is 6.54. The molecule has 35 heavy (non-hydrogen) atoms.